The summed E-state index contributed by atoms with van der Waals surface area (Å²) in [6, 6.07) is 6.59. The van der Waals surface area contributed by atoms with Crippen LogP contribution in [0.25, 0.3) is 0 Å². The molecule has 1 aromatic rings. The van der Waals surface area contributed by atoms with Gasteiger partial charge in [-0.25, -0.2) is 4.79 Å². The van der Waals surface area contributed by atoms with Crippen molar-refractivity contribution in [1.82, 2.24) is 0 Å². The van der Waals surface area contributed by atoms with Crippen molar-refractivity contribution in [3.63, 3.8) is 0 Å². The summed E-state index contributed by atoms with van der Waals surface area (Å²) in [7, 11) is 0. The maximum absolute atomic E-state index is 12.8. The summed E-state index contributed by atoms with van der Waals surface area (Å²) in [5.41, 5.74) is 0.351. The van der Waals surface area contributed by atoms with Gasteiger partial charge >= 0.3 is 5.97 Å². The zero-order valence-corrected chi connectivity index (χ0v) is 15.7. The predicted molar refractivity (Wildman–Crippen MR) is 98.5 cm³/mol. The Balaban J connectivity index is 1.26. The molecule has 0 aromatic heterocycles. The second-order valence-electron chi connectivity index (χ2n) is 8.65. The van der Waals surface area contributed by atoms with Gasteiger partial charge < -0.3 is 9.47 Å². The van der Waals surface area contributed by atoms with Crippen LogP contribution >= 0.6 is 0 Å². The first-order chi connectivity index (χ1) is 12.9. The van der Waals surface area contributed by atoms with Crippen molar-refractivity contribution in [2.75, 3.05) is 13.2 Å². The van der Waals surface area contributed by atoms with E-state index in [0.29, 0.717) is 29.1 Å². The van der Waals surface area contributed by atoms with Crippen molar-refractivity contribution in [3.8, 4) is 5.75 Å². The summed E-state index contributed by atoms with van der Waals surface area (Å²) in [6.07, 6.45) is 6.78. The van der Waals surface area contributed by atoms with E-state index in [1.807, 2.05) is 0 Å². The highest BCUT2D eigenvalue weighted by molar-refractivity contribution is 5.94. The molecule has 1 aromatic carbocycles. The molecule has 0 heterocycles. The lowest BCUT2D eigenvalue weighted by Crippen LogP contribution is -2.51. The molecule has 4 fully saturated rings. The van der Waals surface area contributed by atoms with Crippen LogP contribution < -0.4 is 4.74 Å². The van der Waals surface area contributed by atoms with E-state index in [1.165, 1.54) is 26.2 Å². The van der Waals surface area contributed by atoms with Gasteiger partial charge in [0.25, 0.3) is 0 Å². The number of ketones is 2. The highest BCUT2D eigenvalue weighted by Crippen LogP contribution is 2.60. The Labute approximate surface area is 159 Å². The largest absolute Gasteiger partial charge is 0.482 e. The lowest BCUT2D eigenvalue weighted by atomic mass is 9.48. The van der Waals surface area contributed by atoms with E-state index in [2.05, 4.69) is 0 Å². The van der Waals surface area contributed by atoms with E-state index in [9.17, 15) is 14.4 Å². The normalized spacial score (nSPS) is 30.8. The van der Waals surface area contributed by atoms with Gasteiger partial charge in [-0.3, -0.25) is 9.59 Å². The quantitative estimate of drug-likeness (QED) is 0.542. The maximum Gasteiger partial charge on any atom is 0.344 e. The second-order valence-corrected chi connectivity index (χ2v) is 8.65. The first-order valence-corrected chi connectivity index (χ1v) is 9.86. The lowest BCUT2D eigenvalue weighted by Gasteiger charge is -2.55. The van der Waals surface area contributed by atoms with E-state index in [-0.39, 0.29) is 30.2 Å². The van der Waals surface area contributed by atoms with Crippen molar-refractivity contribution < 1.29 is 23.9 Å². The minimum Gasteiger partial charge on any atom is -0.482 e. The minimum atomic E-state index is -0.538. The third kappa shape index (κ3) is 3.78. The van der Waals surface area contributed by atoms with Crippen molar-refractivity contribution in [2.45, 2.75) is 45.4 Å². The number of carbonyl (C=O) groups is 3. The summed E-state index contributed by atoms with van der Waals surface area (Å²) < 4.78 is 10.6. The Morgan fingerprint density at radius 2 is 1.48 bits per heavy atom. The molecule has 0 aliphatic heterocycles. The fourth-order valence-electron chi connectivity index (χ4n) is 5.72. The molecular weight excluding hydrogens is 344 g/mol. The summed E-state index contributed by atoms with van der Waals surface area (Å²) >= 11 is 0. The number of ether oxygens (including phenoxy) is 2. The van der Waals surface area contributed by atoms with Crippen LogP contribution in [0.5, 0.6) is 5.75 Å². The van der Waals surface area contributed by atoms with E-state index >= 15 is 0 Å². The number of hydrogen-bond donors (Lipinski definition) is 0. The molecule has 27 heavy (non-hydrogen) atoms. The molecular formula is C22H26O5. The minimum absolute atomic E-state index is 0.0239. The number of Topliss-reactive ketones (excluding diaryl/α,β-unsaturated/α-hetero) is 2. The first-order valence-electron chi connectivity index (χ1n) is 9.86. The highest BCUT2D eigenvalue weighted by Gasteiger charge is 2.54. The fraction of sp³-hybridized carbons (Fsp3) is 0.591. The first kappa shape index (κ1) is 18.2. The van der Waals surface area contributed by atoms with Crippen LogP contribution in [0, 0.1) is 23.2 Å². The Morgan fingerprint density at radius 1 is 0.926 bits per heavy atom. The van der Waals surface area contributed by atoms with Crippen LogP contribution in [-0.4, -0.2) is 30.7 Å². The topological polar surface area (TPSA) is 69.7 Å². The Bertz CT molecular complexity index is 713. The van der Waals surface area contributed by atoms with E-state index in [1.54, 1.807) is 24.3 Å². The average molecular weight is 370 g/mol. The number of benzene rings is 1. The van der Waals surface area contributed by atoms with Crippen molar-refractivity contribution >= 4 is 17.5 Å². The molecule has 0 radical (unpaired) electrons. The number of esters is 1. The fourth-order valence-corrected chi connectivity index (χ4v) is 5.72. The molecule has 4 aliphatic rings. The Hall–Kier alpha value is -2.17. The molecule has 5 heteroatoms. The van der Waals surface area contributed by atoms with Gasteiger partial charge in [0.1, 0.15) is 5.75 Å². The molecule has 4 aliphatic carbocycles. The molecule has 0 saturated heterocycles. The highest BCUT2D eigenvalue weighted by atomic mass is 16.6. The van der Waals surface area contributed by atoms with Gasteiger partial charge in [0.2, 0.25) is 0 Å². The standard InChI is InChI=1S/C22H26O5/c1-14(23)18-2-4-19(5-3-18)26-13-21(25)27-12-20(24)22-9-15-6-16(10-22)8-17(7-15)11-22/h2-5,15-17H,6-13H2,1H3. The third-order valence-electron chi connectivity index (χ3n) is 6.61. The van der Waals surface area contributed by atoms with E-state index in [4.69, 9.17) is 9.47 Å². The Morgan fingerprint density at radius 3 is 2.00 bits per heavy atom. The van der Waals surface area contributed by atoms with Gasteiger partial charge in [0, 0.05) is 11.0 Å². The van der Waals surface area contributed by atoms with Crippen molar-refractivity contribution in [1.29, 1.82) is 0 Å². The SMILES string of the molecule is CC(=O)c1ccc(OCC(=O)OCC(=O)C23CC4CC(CC(C4)C2)C3)cc1. The maximum atomic E-state index is 12.8. The van der Waals surface area contributed by atoms with Crippen molar-refractivity contribution in [2.24, 2.45) is 23.2 Å². The van der Waals surface area contributed by atoms with Crippen LogP contribution in [0.4, 0.5) is 0 Å². The van der Waals surface area contributed by atoms with Gasteiger partial charge in [0.05, 0.1) is 0 Å². The van der Waals surface area contributed by atoms with Gasteiger partial charge in [-0.2, -0.15) is 0 Å². The molecule has 0 N–H and O–H groups in total. The molecule has 5 nitrogen and oxygen atoms in total. The molecule has 4 saturated carbocycles. The van der Waals surface area contributed by atoms with Crippen LogP contribution in [0.2, 0.25) is 0 Å². The molecule has 5 rings (SSSR count). The Kier molecular flexibility index (Phi) is 4.79. The summed E-state index contributed by atoms with van der Waals surface area (Å²) in [4.78, 5) is 36.0. The summed E-state index contributed by atoms with van der Waals surface area (Å²) in [5, 5.41) is 0. The van der Waals surface area contributed by atoms with Crippen LogP contribution in [0.15, 0.2) is 24.3 Å². The number of carbonyl (C=O) groups excluding carboxylic acids is 3. The van der Waals surface area contributed by atoms with E-state index < -0.39 is 5.97 Å². The van der Waals surface area contributed by atoms with Crippen LogP contribution in [0.3, 0.4) is 0 Å². The second kappa shape index (κ2) is 7.10. The van der Waals surface area contributed by atoms with E-state index in [0.717, 1.165) is 19.3 Å². The molecule has 0 spiro atoms. The summed E-state index contributed by atoms with van der Waals surface area (Å²) in [6.45, 7) is 1.11. The van der Waals surface area contributed by atoms with Gasteiger partial charge in [-0.05, 0) is 87.5 Å². The zero-order chi connectivity index (χ0) is 19.0. The molecule has 0 atom stereocenters. The number of rotatable bonds is 7. The third-order valence-corrected chi connectivity index (χ3v) is 6.61. The molecule has 0 unspecified atom stereocenters. The van der Waals surface area contributed by atoms with Crippen LogP contribution in [-0.2, 0) is 14.3 Å². The zero-order valence-electron chi connectivity index (χ0n) is 15.7. The van der Waals surface area contributed by atoms with Crippen molar-refractivity contribution in [3.05, 3.63) is 29.8 Å². The smallest absolute Gasteiger partial charge is 0.344 e. The monoisotopic (exact) mass is 370 g/mol. The molecule has 144 valence electrons. The average Bonchev–Trinajstić information content (AvgIpc) is 2.63. The van der Waals surface area contributed by atoms with Crippen LogP contribution in [0.1, 0.15) is 55.8 Å². The van der Waals surface area contributed by atoms with Gasteiger partial charge in [-0.1, -0.05) is 0 Å². The van der Waals surface area contributed by atoms with Gasteiger partial charge in [-0.15, -0.1) is 0 Å². The molecule has 4 bridgehead atoms. The predicted octanol–water partition coefficient (Wildman–Crippen LogP) is 3.60. The lowest BCUT2D eigenvalue weighted by molar-refractivity contribution is -0.158. The molecule has 0 amide bonds. The summed E-state index contributed by atoms with van der Waals surface area (Å²) in [5.74, 6) is 2.10. The van der Waals surface area contributed by atoms with Gasteiger partial charge in [0.15, 0.2) is 24.8 Å². The number of hydrogen-bond acceptors (Lipinski definition) is 5.